The van der Waals surface area contributed by atoms with Crippen LogP contribution in [0, 0.1) is 0 Å². The molecule has 1 heterocycles. The van der Waals surface area contributed by atoms with Crippen molar-refractivity contribution in [2.24, 2.45) is 10.7 Å². The number of nitrogens with zero attached hydrogens (tertiary/aromatic N) is 2. The summed E-state index contributed by atoms with van der Waals surface area (Å²) in [5.41, 5.74) is 12.6. The van der Waals surface area contributed by atoms with Crippen molar-refractivity contribution < 1.29 is 4.74 Å². The number of aryl methyl sites for hydroxylation is 2. The molecule has 154 valence electrons. The molecule has 0 spiro atoms. The third kappa shape index (κ3) is 5.17. The van der Waals surface area contributed by atoms with Gasteiger partial charge in [0, 0.05) is 25.3 Å². The number of guanidine groups is 1. The predicted molar refractivity (Wildman–Crippen MR) is 119 cm³/mol. The van der Waals surface area contributed by atoms with E-state index in [2.05, 4.69) is 71.5 Å². The molecule has 1 aliphatic carbocycles. The Kier molecular flexibility index (Phi) is 6.16. The van der Waals surface area contributed by atoms with Crippen LogP contribution in [0.1, 0.15) is 42.5 Å². The summed E-state index contributed by atoms with van der Waals surface area (Å²) in [7, 11) is 0. The second kappa shape index (κ2) is 8.97. The predicted octanol–water partition coefficient (Wildman–Crippen LogP) is 3.71. The number of rotatable bonds is 5. The number of aliphatic imine (C=N–C) groups is 1. The Morgan fingerprint density at radius 3 is 2.59 bits per heavy atom. The van der Waals surface area contributed by atoms with Crippen molar-refractivity contribution in [2.45, 2.75) is 58.4 Å². The zero-order valence-corrected chi connectivity index (χ0v) is 17.5. The zero-order valence-electron chi connectivity index (χ0n) is 17.5. The maximum absolute atomic E-state index is 6.18. The molecule has 29 heavy (non-hydrogen) atoms. The topological polar surface area (TPSA) is 62.9 Å². The fourth-order valence-corrected chi connectivity index (χ4v) is 4.53. The first-order valence-corrected chi connectivity index (χ1v) is 10.7. The number of anilines is 1. The van der Waals surface area contributed by atoms with Crippen LogP contribution in [0.4, 0.5) is 5.69 Å². The van der Waals surface area contributed by atoms with Crippen molar-refractivity contribution in [2.75, 3.05) is 18.4 Å². The van der Waals surface area contributed by atoms with Crippen LogP contribution in [0.25, 0.3) is 0 Å². The third-order valence-corrected chi connectivity index (χ3v) is 5.80. The Labute approximate surface area is 174 Å². The molecule has 0 saturated carbocycles. The molecular formula is C24H32N4O. The maximum Gasteiger partial charge on any atom is 0.193 e. The van der Waals surface area contributed by atoms with Crippen LogP contribution in [0.5, 0.6) is 0 Å². The largest absolute Gasteiger partial charge is 0.373 e. The molecule has 0 radical (unpaired) electrons. The summed E-state index contributed by atoms with van der Waals surface area (Å²) in [5, 5.41) is 3.26. The molecule has 4 rings (SSSR count). The number of nitrogens with one attached hydrogen (secondary N) is 1. The summed E-state index contributed by atoms with van der Waals surface area (Å²) < 4.78 is 5.86. The average molecular weight is 393 g/mol. The molecule has 0 bridgehead atoms. The van der Waals surface area contributed by atoms with Crippen molar-refractivity contribution in [1.29, 1.82) is 0 Å². The highest BCUT2D eigenvalue weighted by Gasteiger charge is 2.22. The first kappa shape index (κ1) is 19.9. The molecule has 3 N–H and O–H groups in total. The Hall–Kier alpha value is -2.37. The van der Waals surface area contributed by atoms with Gasteiger partial charge in [-0.1, -0.05) is 30.3 Å². The fourth-order valence-electron chi connectivity index (χ4n) is 4.53. The standard InChI is InChI=1S/C24H32N4O/c1-17-14-28(15-18(2)29-17)16-22-7-4-3-6-21(22)13-26-24(25)27-23-11-10-19-8-5-9-20(19)12-23/h3-4,6-7,10-12,17-18H,5,8-9,13-16H2,1-2H3,(H3,25,26,27). The minimum Gasteiger partial charge on any atom is -0.373 e. The van der Waals surface area contributed by atoms with Gasteiger partial charge in [-0.2, -0.15) is 0 Å². The van der Waals surface area contributed by atoms with E-state index in [9.17, 15) is 0 Å². The van der Waals surface area contributed by atoms with E-state index < -0.39 is 0 Å². The van der Waals surface area contributed by atoms with Crippen LogP contribution in [-0.2, 0) is 30.7 Å². The molecule has 2 aliphatic rings. The number of hydrogen-bond donors (Lipinski definition) is 2. The van der Waals surface area contributed by atoms with Crippen molar-refractivity contribution in [3.8, 4) is 0 Å². The average Bonchev–Trinajstić information content (AvgIpc) is 3.14. The minimum atomic E-state index is 0.274. The van der Waals surface area contributed by atoms with Crippen molar-refractivity contribution >= 4 is 11.6 Å². The summed E-state index contributed by atoms with van der Waals surface area (Å²) in [6, 6.07) is 15.0. The summed E-state index contributed by atoms with van der Waals surface area (Å²) in [4.78, 5) is 7.07. The Morgan fingerprint density at radius 1 is 1.07 bits per heavy atom. The van der Waals surface area contributed by atoms with E-state index in [-0.39, 0.29) is 12.2 Å². The van der Waals surface area contributed by atoms with Gasteiger partial charge in [-0.05, 0) is 67.5 Å². The fraction of sp³-hybridized carbons (Fsp3) is 0.458. The lowest BCUT2D eigenvalue weighted by Crippen LogP contribution is -2.44. The molecule has 2 unspecified atom stereocenters. The second-order valence-corrected chi connectivity index (χ2v) is 8.38. The first-order chi connectivity index (χ1) is 14.1. The minimum absolute atomic E-state index is 0.274. The number of hydrogen-bond acceptors (Lipinski definition) is 3. The van der Waals surface area contributed by atoms with Gasteiger partial charge in [0.2, 0.25) is 0 Å². The number of nitrogens with two attached hydrogens (primary N) is 1. The van der Waals surface area contributed by atoms with Gasteiger partial charge in [0.15, 0.2) is 5.96 Å². The molecule has 1 aliphatic heterocycles. The highest BCUT2D eigenvalue weighted by atomic mass is 16.5. The Balaban J connectivity index is 1.40. The third-order valence-electron chi connectivity index (χ3n) is 5.80. The lowest BCUT2D eigenvalue weighted by Gasteiger charge is -2.35. The first-order valence-electron chi connectivity index (χ1n) is 10.7. The number of ether oxygens (including phenoxy) is 1. The zero-order chi connectivity index (χ0) is 20.2. The Morgan fingerprint density at radius 2 is 1.79 bits per heavy atom. The van der Waals surface area contributed by atoms with Gasteiger partial charge in [0.1, 0.15) is 0 Å². The van der Waals surface area contributed by atoms with E-state index in [4.69, 9.17) is 10.5 Å². The van der Waals surface area contributed by atoms with Crippen molar-refractivity contribution in [3.63, 3.8) is 0 Å². The van der Waals surface area contributed by atoms with Crippen LogP contribution in [-0.4, -0.2) is 36.2 Å². The molecule has 2 aromatic carbocycles. The lowest BCUT2D eigenvalue weighted by molar-refractivity contribution is -0.0705. The van der Waals surface area contributed by atoms with E-state index in [1.54, 1.807) is 0 Å². The molecule has 1 fully saturated rings. The van der Waals surface area contributed by atoms with Crippen LogP contribution >= 0.6 is 0 Å². The smallest absolute Gasteiger partial charge is 0.193 e. The molecule has 2 aromatic rings. The maximum atomic E-state index is 6.18. The SMILES string of the molecule is CC1CN(Cc2ccccc2CN=C(N)Nc2ccc3c(c2)CCC3)CC(C)O1. The molecule has 1 saturated heterocycles. The second-order valence-electron chi connectivity index (χ2n) is 8.38. The van der Waals surface area contributed by atoms with Crippen molar-refractivity contribution in [1.82, 2.24) is 4.90 Å². The van der Waals surface area contributed by atoms with Gasteiger partial charge >= 0.3 is 0 Å². The van der Waals surface area contributed by atoms with Crippen LogP contribution in [0.3, 0.4) is 0 Å². The van der Waals surface area contributed by atoms with Gasteiger partial charge < -0.3 is 15.8 Å². The molecule has 5 heteroatoms. The molecule has 2 atom stereocenters. The van der Waals surface area contributed by atoms with E-state index >= 15 is 0 Å². The number of benzene rings is 2. The van der Waals surface area contributed by atoms with Crippen LogP contribution < -0.4 is 11.1 Å². The normalized spacial score (nSPS) is 22.5. The van der Waals surface area contributed by atoms with Gasteiger partial charge in [-0.15, -0.1) is 0 Å². The molecular weight excluding hydrogens is 360 g/mol. The monoisotopic (exact) mass is 392 g/mol. The summed E-state index contributed by atoms with van der Waals surface area (Å²) in [5.74, 6) is 0.464. The van der Waals surface area contributed by atoms with Crippen molar-refractivity contribution in [3.05, 3.63) is 64.7 Å². The van der Waals surface area contributed by atoms with E-state index in [1.165, 1.54) is 35.1 Å². The molecule has 0 amide bonds. The highest BCUT2D eigenvalue weighted by molar-refractivity contribution is 5.92. The van der Waals surface area contributed by atoms with Crippen LogP contribution in [0.15, 0.2) is 47.5 Å². The number of fused-ring (bicyclic) bond motifs is 1. The molecule has 0 aromatic heterocycles. The van der Waals surface area contributed by atoms with Gasteiger partial charge in [-0.3, -0.25) is 4.90 Å². The quantitative estimate of drug-likeness (QED) is 0.601. The van der Waals surface area contributed by atoms with E-state index in [0.717, 1.165) is 31.7 Å². The summed E-state index contributed by atoms with van der Waals surface area (Å²) in [6.07, 6.45) is 4.15. The van der Waals surface area contributed by atoms with E-state index in [1.807, 2.05) is 0 Å². The highest BCUT2D eigenvalue weighted by Crippen LogP contribution is 2.25. The Bertz CT molecular complexity index is 869. The van der Waals surface area contributed by atoms with Gasteiger partial charge in [0.05, 0.1) is 18.8 Å². The summed E-state index contributed by atoms with van der Waals surface area (Å²) in [6.45, 7) is 7.71. The summed E-state index contributed by atoms with van der Waals surface area (Å²) >= 11 is 0. The molecule has 5 nitrogen and oxygen atoms in total. The van der Waals surface area contributed by atoms with Gasteiger partial charge in [-0.25, -0.2) is 4.99 Å². The number of morpholine rings is 1. The van der Waals surface area contributed by atoms with Gasteiger partial charge in [0.25, 0.3) is 0 Å². The van der Waals surface area contributed by atoms with Crippen LogP contribution in [0.2, 0.25) is 0 Å². The van der Waals surface area contributed by atoms with E-state index in [0.29, 0.717) is 12.5 Å². The lowest BCUT2D eigenvalue weighted by atomic mass is 10.1.